The summed E-state index contributed by atoms with van der Waals surface area (Å²) in [6.07, 6.45) is 2.06. The third kappa shape index (κ3) is 1.05. The van der Waals surface area contributed by atoms with Crippen LogP contribution in [0, 0.1) is 17.4 Å². The van der Waals surface area contributed by atoms with Crippen LogP contribution in [0.5, 0.6) is 0 Å². The van der Waals surface area contributed by atoms with E-state index in [4.69, 9.17) is 0 Å². The summed E-state index contributed by atoms with van der Waals surface area (Å²) in [5, 5.41) is 1.34. The van der Waals surface area contributed by atoms with Gasteiger partial charge in [-0.05, 0) is 53.6 Å². The van der Waals surface area contributed by atoms with Gasteiger partial charge in [0, 0.05) is 20.7 Å². The molecule has 0 spiro atoms. The van der Waals surface area contributed by atoms with Crippen LogP contribution >= 0.6 is 22.6 Å². The zero-order valence-electron chi connectivity index (χ0n) is 7.11. The Morgan fingerprint density at radius 2 is 2.00 bits per heavy atom. The molecule has 0 fully saturated rings. The van der Waals surface area contributed by atoms with Gasteiger partial charge in [-0.25, -0.2) is 0 Å². The van der Waals surface area contributed by atoms with Crippen LogP contribution in [0.1, 0.15) is 11.1 Å². The fourth-order valence-corrected chi connectivity index (χ4v) is 1.91. The van der Waals surface area contributed by atoms with Gasteiger partial charge in [0.25, 0.3) is 0 Å². The van der Waals surface area contributed by atoms with Crippen LogP contribution in [0.25, 0.3) is 10.9 Å². The van der Waals surface area contributed by atoms with Crippen LogP contribution in [0.15, 0.2) is 18.3 Å². The van der Waals surface area contributed by atoms with Crippen molar-refractivity contribution in [2.24, 2.45) is 0 Å². The number of rotatable bonds is 0. The fraction of sp³-hybridized carbons (Fsp3) is 0.200. The number of aromatic amines is 1. The van der Waals surface area contributed by atoms with Gasteiger partial charge >= 0.3 is 0 Å². The number of hydrogen-bond donors (Lipinski definition) is 1. The molecule has 0 saturated heterocycles. The predicted molar refractivity (Wildman–Crippen MR) is 60.5 cm³/mol. The van der Waals surface area contributed by atoms with E-state index in [0.717, 1.165) is 0 Å². The van der Waals surface area contributed by atoms with Crippen LogP contribution in [-0.2, 0) is 0 Å². The van der Waals surface area contributed by atoms with Gasteiger partial charge in [0.15, 0.2) is 0 Å². The molecule has 0 amide bonds. The van der Waals surface area contributed by atoms with Gasteiger partial charge in [0.1, 0.15) is 0 Å². The lowest BCUT2D eigenvalue weighted by Crippen LogP contribution is -1.81. The molecule has 2 rings (SSSR count). The molecule has 1 aromatic heterocycles. The van der Waals surface area contributed by atoms with E-state index in [0.29, 0.717) is 0 Å². The second-order valence-corrected chi connectivity index (χ2v) is 4.23. The molecule has 0 radical (unpaired) electrons. The first-order chi connectivity index (χ1) is 5.70. The largest absolute Gasteiger partial charge is 0.361 e. The van der Waals surface area contributed by atoms with Gasteiger partial charge in [0.05, 0.1) is 0 Å². The molecule has 1 heterocycles. The third-order valence-electron chi connectivity index (χ3n) is 2.26. The van der Waals surface area contributed by atoms with Crippen LogP contribution < -0.4 is 0 Å². The Morgan fingerprint density at radius 3 is 2.75 bits per heavy atom. The van der Waals surface area contributed by atoms with Crippen molar-refractivity contribution in [1.82, 2.24) is 4.98 Å². The third-order valence-corrected chi connectivity index (χ3v) is 3.43. The molecule has 0 bridgehead atoms. The molecule has 1 aromatic carbocycles. The molecule has 0 unspecified atom stereocenters. The summed E-state index contributed by atoms with van der Waals surface area (Å²) >= 11 is 2.36. The summed E-state index contributed by atoms with van der Waals surface area (Å²) in [6.45, 7) is 4.28. The highest BCUT2D eigenvalue weighted by Gasteiger charge is 2.03. The van der Waals surface area contributed by atoms with E-state index >= 15 is 0 Å². The molecule has 2 aromatic rings. The van der Waals surface area contributed by atoms with E-state index in [1.807, 2.05) is 0 Å². The lowest BCUT2D eigenvalue weighted by Gasteiger charge is -1.99. The van der Waals surface area contributed by atoms with E-state index in [1.165, 1.54) is 25.6 Å². The van der Waals surface area contributed by atoms with Crippen LogP contribution in [0.3, 0.4) is 0 Å². The summed E-state index contributed by atoms with van der Waals surface area (Å²) in [4.78, 5) is 3.29. The van der Waals surface area contributed by atoms with Crippen molar-refractivity contribution in [1.29, 1.82) is 0 Å². The fourth-order valence-electron chi connectivity index (χ4n) is 1.46. The van der Waals surface area contributed by atoms with E-state index in [1.54, 1.807) is 0 Å². The Hall–Kier alpha value is -0.510. The van der Waals surface area contributed by atoms with E-state index in [9.17, 15) is 0 Å². The summed E-state index contributed by atoms with van der Waals surface area (Å²) in [6, 6.07) is 4.34. The standard InChI is InChI=1S/C10H10IN/c1-6-5-12-10-7(2)9(11)4-3-8(6)10/h3-5,12H,1-2H3. The Morgan fingerprint density at radius 1 is 1.25 bits per heavy atom. The van der Waals surface area contributed by atoms with Gasteiger partial charge in [-0.2, -0.15) is 0 Å². The van der Waals surface area contributed by atoms with Crippen LogP contribution in [-0.4, -0.2) is 4.98 Å². The number of aromatic nitrogens is 1. The molecular weight excluding hydrogens is 261 g/mol. The van der Waals surface area contributed by atoms with Gasteiger partial charge in [0.2, 0.25) is 0 Å². The summed E-state index contributed by atoms with van der Waals surface area (Å²) in [5.74, 6) is 0. The monoisotopic (exact) mass is 271 g/mol. The first kappa shape index (κ1) is 8.10. The van der Waals surface area contributed by atoms with Crippen molar-refractivity contribution in [2.75, 3.05) is 0 Å². The highest BCUT2D eigenvalue weighted by Crippen LogP contribution is 2.24. The molecule has 12 heavy (non-hydrogen) atoms. The summed E-state index contributed by atoms with van der Waals surface area (Å²) < 4.78 is 1.32. The smallest absolute Gasteiger partial charge is 0.0497 e. The number of fused-ring (bicyclic) bond motifs is 1. The highest BCUT2D eigenvalue weighted by molar-refractivity contribution is 14.1. The lowest BCUT2D eigenvalue weighted by molar-refractivity contribution is 1.38. The first-order valence-electron chi connectivity index (χ1n) is 3.93. The molecule has 2 heteroatoms. The van der Waals surface area contributed by atoms with Gasteiger partial charge in [-0.3, -0.25) is 0 Å². The average molecular weight is 271 g/mol. The SMILES string of the molecule is Cc1c[nH]c2c(C)c(I)ccc12. The highest BCUT2D eigenvalue weighted by atomic mass is 127. The Balaban J connectivity index is 2.93. The molecular formula is C10H10IN. The normalized spacial score (nSPS) is 10.9. The van der Waals surface area contributed by atoms with Crippen molar-refractivity contribution in [3.63, 3.8) is 0 Å². The molecule has 62 valence electrons. The van der Waals surface area contributed by atoms with Crippen LogP contribution in [0.2, 0.25) is 0 Å². The van der Waals surface area contributed by atoms with Crippen molar-refractivity contribution >= 4 is 33.5 Å². The lowest BCUT2D eigenvalue weighted by atomic mass is 10.1. The summed E-state index contributed by atoms with van der Waals surface area (Å²) in [7, 11) is 0. The van der Waals surface area contributed by atoms with E-state index in [2.05, 4.69) is 59.8 Å². The maximum absolute atomic E-state index is 3.29. The quantitative estimate of drug-likeness (QED) is 0.707. The maximum atomic E-state index is 3.29. The van der Waals surface area contributed by atoms with Gasteiger partial charge in [-0.1, -0.05) is 6.07 Å². The number of H-pyrrole nitrogens is 1. The van der Waals surface area contributed by atoms with E-state index < -0.39 is 0 Å². The first-order valence-corrected chi connectivity index (χ1v) is 5.01. The van der Waals surface area contributed by atoms with Gasteiger partial charge in [-0.15, -0.1) is 0 Å². The molecule has 0 aliphatic heterocycles. The second kappa shape index (κ2) is 2.76. The second-order valence-electron chi connectivity index (χ2n) is 3.07. The minimum absolute atomic E-state index is 1.28. The zero-order chi connectivity index (χ0) is 8.72. The Kier molecular flexibility index (Phi) is 1.87. The molecule has 1 N–H and O–H groups in total. The number of benzene rings is 1. The molecule has 1 nitrogen and oxygen atoms in total. The number of hydrogen-bond acceptors (Lipinski definition) is 0. The Labute approximate surface area is 85.3 Å². The number of halogens is 1. The zero-order valence-corrected chi connectivity index (χ0v) is 9.27. The number of aryl methyl sites for hydroxylation is 2. The van der Waals surface area contributed by atoms with Crippen LogP contribution in [0.4, 0.5) is 0 Å². The van der Waals surface area contributed by atoms with Crippen molar-refractivity contribution in [3.8, 4) is 0 Å². The van der Waals surface area contributed by atoms with Crippen molar-refractivity contribution < 1.29 is 0 Å². The molecule has 0 atom stereocenters. The number of nitrogens with one attached hydrogen (secondary N) is 1. The maximum Gasteiger partial charge on any atom is 0.0497 e. The topological polar surface area (TPSA) is 15.8 Å². The average Bonchev–Trinajstić information content (AvgIpc) is 2.41. The molecule has 0 saturated carbocycles. The van der Waals surface area contributed by atoms with Crippen molar-refractivity contribution in [3.05, 3.63) is 33.0 Å². The molecule has 0 aliphatic carbocycles. The summed E-state index contributed by atoms with van der Waals surface area (Å²) in [5.41, 5.74) is 3.95. The minimum atomic E-state index is 1.28. The minimum Gasteiger partial charge on any atom is -0.361 e. The predicted octanol–water partition coefficient (Wildman–Crippen LogP) is 3.39. The molecule has 0 aliphatic rings. The van der Waals surface area contributed by atoms with Gasteiger partial charge < -0.3 is 4.98 Å². The van der Waals surface area contributed by atoms with E-state index in [-0.39, 0.29) is 0 Å². The van der Waals surface area contributed by atoms with Crippen molar-refractivity contribution in [2.45, 2.75) is 13.8 Å². The Bertz CT molecular complexity index is 429.